The van der Waals surface area contributed by atoms with Crippen molar-refractivity contribution in [3.63, 3.8) is 0 Å². The Kier molecular flexibility index (Phi) is 5.10. The topological polar surface area (TPSA) is 89.5 Å². The second-order valence-electron chi connectivity index (χ2n) is 4.84. The number of carbonyl (C=O) groups excluding carboxylic acids is 2. The number of rotatable bonds is 3. The summed E-state index contributed by atoms with van der Waals surface area (Å²) in [6.45, 7) is 6.90. The molecule has 0 aliphatic carbocycles. The molecule has 18 heavy (non-hydrogen) atoms. The van der Waals surface area contributed by atoms with E-state index in [1.165, 1.54) is 13.8 Å². The second-order valence-corrected chi connectivity index (χ2v) is 4.84. The van der Waals surface area contributed by atoms with Crippen molar-refractivity contribution < 1.29 is 29.5 Å². The Morgan fingerprint density at radius 2 is 1.78 bits per heavy atom. The van der Waals surface area contributed by atoms with Crippen molar-refractivity contribution in [1.29, 1.82) is 0 Å². The Hall–Kier alpha value is -1.14. The van der Waals surface area contributed by atoms with E-state index in [4.69, 9.17) is 14.2 Å². The van der Waals surface area contributed by atoms with E-state index in [1.54, 1.807) is 0 Å². The molecule has 1 aliphatic rings. The lowest BCUT2D eigenvalue weighted by molar-refractivity contribution is -0.489. The maximum atomic E-state index is 11.0. The van der Waals surface area contributed by atoms with E-state index in [9.17, 15) is 9.59 Å². The standard InChI is InChI=1S/C12H21NO5/c1-6-7(2)11(13)12(17-9(4)15)18-10(6)5-16-8(3)14/h6-7,10-12H,5,13H2,1-4H3/p+1/t6-,7-,10?,11?,12?/m0/s1. The van der Waals surface area contributed by atoms with E-state index in [0.717, 1.165) is 0 Å². The third kappa shape index (κ3) is 3.68. The molecular formula is C12H22NO5+. The maximum Gasteiger partial charge on any atom is 0.305 e. The third-order valence-electron chi connectivity index (χ3n) is 3.48. The molecule has 1 rings (SSSR count). The zero-order valence-corrected chi connectivity index (χ0v) is 11.3. The van der Waals surface area contributed by atoms with Crippen molar-refractivity contribution in [3.05, 3.63) is 0 Å². The van der Waals surface area contributed by atoms with Gasteiger partial charge in [0.05, 0.1) is 6.10 Å². The molecule has 5 atom stereocenters. The molecule has 1 fully saturated rings. The van der Waals surface area contributed by atoms with Gasteiger partial charge in [0.25, 0.3) is 6.29 Å². The number of hydrogen-bond donors (Lipinski definition) is 1. The summed E-state index contributed by atoms with van der Waals surface area (Å²) in [6.07, 6.45) is -0.944. The van der Waals surface area contributed by atoms with Crippen LogP contribution in [0.4, 0.5) is 0 Å². The van der Waals surface area contributed by atoms with Gasteiger partial charge in [0.15, 0.2) is 6.04 Å². The highest BCUT2D eigenvalue weighted by Gasteiger charge is 2.44. The molecule has 1 heterocycles. The van der Waals surface area contributed by atoms with Crippen LogP contribution in [0.25, 0.3) is 0 Å². The average Bonchev–Trinajstić information content (AvgIpc) is 2.27. The minimum atomic E-state index is -0.672. The van der Waals surface area contributed by atoms with Gasteiger partial charge < -0.3 is 19.9 Å². The summed E-state index contributed by atoms with van der Waals surface area (Å²) in [6, 6.07) is -0.127. The molecule has 104 valence electrons. The summed E-state index contributed by atoms with van der Waals surface area (Å²) in [5.74, 6) is -0.358. The summed E-state index contributed by atoms with van der Waals surface area (Å²) in [4.78, 5) is 21.8. The molecule has 0 bridgehead atoms. The Balaban J connectivity index is 2.67. The lowest BCUT2D eigenvalue weighted by atomic mass is 9.82. The summed E-state index contributed by atoms with van der Waals surface area (Å²) in [5.41, 5.74) is 3.98. The van der Waals surface area contributed by atoms with Crippen molar-refractivity contribution in [3.8, 4) is 0 Å². The first-order valence-corrected chi connectivity index (χ1v) is 6.12. The smallest absolute Gasteiger partial charge is 0.305 e. The number of ether oxygens (including phenoxy) is 3. The van der Waals surface area contributed by atoms with Gasteiger partial charge in [-0.05, 0) is 5.92 Å². The van der Waals surface area contributed by atoms with Gasteiger partial charge in [-0.2, -0.15) is 0 Å². The van der Waals surface area contributed by atoms with Gasteiger partial charge in [-0.3, -0.25) is 9.59 Å². The lowest BCUT2D eigenvalue weighted by Gasteiger charge is -2.40. The summed E-state index contributed by atoms with van der Waals surface area (Å²) in [7, 11) is 0. The van der Waals surface area contributed by atoms with Gasteiger partial charge >= 0.3 is 11.9 Å². The van der Waals surface area contributed by atoms with Crippen LogP contribution in [-0.4, -0.2) is 37.0 Å². The van der Waals surface area contributed by atoms with Crippen LogP contribution in [0.5, 0.6) is 0 Å². The molecule has 3 unspecified atom stereocenters. The van der Waals surface area contributed by atoms with Crippen LogP contribution < -0.4 is 5.73 Å². The molecule has 0 amide bonds. The van der Waals surface area contributed by atoms with Crippen LogP contribution in [0.2, 0.25) is 0 Å². The highest BCUT2D eigenvalue weighted by molar-refractivity contribution is 5.66. The predicted octanol–water partition coefficient (Wildman–Crippen LogP) is -0.280. The van der Waals surface area contributed by atoms with Crippen LogP contribution in [0.3, 0.4) is 0 Å². The maximum absolute atomic E-state index is 11.0. The van der Waals surface area contributed by atoms with E-state index in [2.05, 4.69) is 5.73 Å². The zero-order chi connectivity index (χ0) is 13.9. The molecule has 0 saturated carbocycles. The van der Waals surface area contributed by atoms with Crippen molar-refractivity contribution in [2.24, 2.45) is 11.8 Å². The highest BCUT2D eigenvalue weighted by atomic mass is 16.7. The minimum absolute atomic E-state index is 0.127. The van der Waals surface area contributed by atoms with Crippen molar-refractivity contribution >= 4 is 11.9 Å². The Labute approximate surface area is 107 Å². The molecule has 1 aliphatic heterocycles. The molecule has 0 aromatic heterocycles. The van der Waals surface area contributed by atoms with E-state index in [0.29, 0.717) is 0 Å². The first-order valence-electron chi connectivity index (χ1n) is 6.12. The second kappa shape index (κ2) is 6.15. The SMILES string of the molecule is CC(=O)OCC1OC(OC(C)=O)C([NH3+])[C@@H](C)[C@@H]1C. The first-order chi connectivity index (χ1) is 8.32. The van der Waals surface area contributed by atoms with Gasteiger partial charge in [-0.25, -0.2) is 0 Å². The fourth-order valence-electron chi connectivity index (χ4n) is 2.04. The zero-order valence-electron chi connectivity index (χ0n) is 11.3. The van der Waals surface area contributed by atoms with Crippen LogP contribution >= 0.6 is 0 Å². The summed E-state index contributed by atoms with van der Waals surface area (Å²) < 4.78 is 15.7. The number of carbonyl (C=O) groups is 2. The van der Waals surface area contributed by atoms with E-state index in [-0.39, 0.29) is 36.6 Å². The number of esters is 2. The molecule has 6 nitrogen and oxygen atoms in total. The Morgan fingerprint density at radius 1 is 1.17 bits per heavy atom. The van der Waals surface area contributed by atoms with Crippen molar-refractivity contribution in [2.45, 2.75) is 46.1 Å². The van der Waals surface area contributed by atoms with Crippen LogP contribution in [-0.2, 0) is 23.8 Å². The summed E-state index contributed by atoms with van der Waals surface area (Å²) >= 11 is 0. The molecule has 6 heteroatoms. The van der Waals surface area contributed by atoms with Crippen LogP contribution in [0.1, 0.15) is 27.7 Å². The molecule has 0 aromatic rings. The van der Waals surface area contributed by atoms with Crippen molar-refractivity contribution in [2.75, 3.05) is 6.61 Å². The predicted molar refractivity (Wildman–Crippen MR) is 62.1 cm³/mol. The van der Waals surface area contributed by atoms with Gasteiger partial charge in [0.1, 0.15) is 6.61 Å². The normalized spacial score (nSPS) is 35.9. The quantitative estimate of drug-likeness (QED) is 0.705. The van der Waals surface area contributed by atoms with E-state index >= 15 is 0 Å². The van der Waals surface area contributed by atoms with E-state index < -0.39 is 12.3 Å². The molecule has 0 radical (unpaired) electrons. The monoisotopic (exact) mass is 260 g/mol. The molecule has 1 saturated heterocycles. The Bertz CT molecular complexity index is 318. The molecule has 0 spiro atoms. The average molecular weight is 260 g/mol. The Morgan fingerprint density at radius 3 is 2.28 bits per heavy atom. The van der Waals surface area contributed by atoms with Crippen molar-refractivity contribution in [1.82, 2.24) is 0 Å². The van der Waals surface area contributed by atoms with Crippen LogP contribution in [0.15, 0.2) is 0 Å². The van der Waals surface area contributed by atoms with Gasteiger partial charge in [0.2, 0.25) is 0 Å². The molecule has 3 N–H and O–H groups in total. The largest absolute Gasteiger partial charge is 0.463 e. The van der Waals surface area contributed by atoms with Gasteiger partial charge in [-0.1, -0.05) is 13.8 Å². The number of quaternary nitrogens is 1. The van der Waals surface area contributed by atoms with Gasteiger partial charge in [0, 0.05) is 19.8 Å². The first kappa shape index (κ1) is 14.9. The lowest BCUT2D eigenvalue weighted by Crippen LogP contribution is -2.74. The third-order valence-corrected chi connectivity index (χ3v) is 3.48. The van der Waals surface area contributed by atoms with E-state index in [1.807, 2.05) is 13.8 Å². The fourth-order valence-corrected chi connectivity index (χ4v) is 2.04. The minimum Gasteiger partial charge on any atom is -0.463 e. The van der Waals surface area contributed by atoms with Gasteiger partial charge in [-0.15, -0.1) is 0 Å². The van der Waals surface area contributed by atoms with Crippen LogP contribution in [0, 0.1) is 11.8 Å². The fraction of sp³-hybridized carbons (Fsp3) is 0.833. The number of hydrogen-bond acceptors (Lipinski definition) is 5. The molecule has 0 aromatic carbocycles. The molecular weight excluding hydrogens is 238 g/mol. The highest BCUT2D eigenvalue weighted by Crippen LogP contribution is 2.29. The summed E-state index contributed by atoms with van der Waals surface area (Å²) in [5, 5.41) is 0.